The molecule has 2 rings (SSSR count). The molecule has 1 amide bonds. The standard InChI is InChI=1S/C19H28N2O3/c1-15(2)17(21-10-12-24-13-11-21)14-20-19(23)9-8-18(22)16-6-4-3-5-7-16/h3-7,15,17H,8-14H2,1-2H3,(H,20,23). The van der Waals surface area contributed by atoms with E-state index in [-0.39, 0.29) is 24.5 Å². The molecular formula is C19H28N2O3. The lowest BCUT2D eigenvalue weighted by molar-refractivity contribution is -0.121. The van der Waals surface area contributed by atoms with Crippen LogP contribution in [0.5, 0.6) is 0 Å². The van der Waals surface area contributed by atoms with Crippen LogP contribution in [0.3, 0.4) is 0 Å². The number of nitrogens with zero attached hydrogens (tertiary/aromatic N) is 1. The number of rotatable bonds is 8. The van der Waals surface area contributed by atoms with Crippen LogP contribution in [0.4, 0.5) is 0 Å². The fourth-order valence-electron chi connectivity index (χ4n) is 3.00. The zero-order valence-corrected chi connectivity index (χ0v) is 14.7. The highest BCUT2D eigenvalue weighted by atomic mass is 16.5. The number of hydrogen-bond acceptors (Lipinski definition) is 4. The van der Waals surface area contributed by atoms with Crippen LogP contribution in [-0.2, 0) is 9.53 Å². The third-order valence-corrected chi connectivity index (χ3v) is 4.47. The van der Waals surface area contributed by atoms with Crippen LogP contribution in [0.2, 0.25) is 0 Å². The normalized spacial score (nSPS) is 16.8. The van der Waals surface area contributed by atoms with Gasteiger partial charge < -0.3 is 10.1 Å². The Kier molecular flexibility index (Phi) is 7.40. The molecule has 0 radical (unpaired) electrons. The first-order valence-electron chi connectivity index (χ1n) is 8.74. The summed E-state index contributed by atoms with van der Waals surface area (Å²) in [5, 5.41) is 2.99. The van der Waals surface area contributed by atoms with Crippen LogP contribution < -0.4 is 5.32 Å². The van der Waals surface area contributed by atoms with Crippen molar-refractivity contribution in [1.29, 1.82) is 0 Å². The SMILES string of the molecule is CC(C)C(CNC(=O)CCC(=O)c1ccccc1)N1CCOCC1. The lowest BCUT2D eigenvalue weighted by Gasteiger charge is -2.36. The van der Waals surface area contributed by atoms with Gasteiger partial charge in [-0.15, -0.1) is 0 Å². The number of Topliss-reactive ketones (excluding diaryl/α,β-unsaturated/α-hetero) is 1. The largest absolute Gasteiger partial charge is 0.379 e. The Labute approximate surface area is 144 Å². The second kappa shape index (κ2) is 9.55. The average Bonchev–Trinajstić information content (AvgIpc) is 2.61. The summed E-state index contributed by atoms with van der Waals surface area (Å²) in [5.74, 6) is 0.409. The summed E-state index contributed by atoms with van der Waals surface area (Å²) in [6.45, 7) is 8.29. The predicted octanol–water partition coefficient (Wildman–Crippen LogP) is 2.12. The molecule has 132 valence electrons. The summed E-state index contributed by atoms with van der Waals surface area (Å²) in [6.07, 6.45) is 0.488. The molecule has 1 atom stereocenters. The van der Waals surface area contributed by atoms with Gasteiger partial charge in [0, 0.05) is 44.1 Å². The molecule has 0 spiro atoms. The van der Waals surface area contributed by atoms with Crippen molar-refractivity contribution in [2.24, 2.45) is 5.92 Å². The fourth-order valence-corrected chi connectivity index (χ4v) is 3.00. The van der Waals surface area contributed by atoms with Crippen LogP contribution in [0.25, 0.3) is 0 Å². The summed E-state index contributed by atoms with van der Waals surface area (Å²) in [7, 11) is 0. The molecule has 1 unspecified atom stereocenters. The minimum atomic E-state index is -0.0572. The Bertz CT molecular complexity index is 525. The van der Waals surface area contributed by atoms with Crippen molar-refractivity contribution in [2.45, 2.75) is 32.7 Å². The van der Waals surface area contributed by atoms with Gasteiger partial charge in [0.1, 0.15) is 0 Å². The first kappa shape index (κ1) is 18.6. The molecule has 24 heavy (non-hydrogen) atoms. The van der Waals surface area contributed by atoms with E-state index in [1.165, 1.54) is 0 Å². The number of benzene rings is 1. The Morgan fingerprint density at radius 3 is 2.42 bits per heavy atom. The molecule has 1 aliphatic rings. The number of ether oxygens (including phenoxy) is 1. The van der Waals surface area contributed by atoms with E-state index in [9.17, 15) is 9.59 Å². The zero-order chi connectivity index (χ0) is 17.4. The molecule has 0 aliphatic carbocycles. The molecule has 1 aromatic rings. The van der Waals surface area contributed by atoms with E-state index < -0.39 is 0 Å². The highest BCUT2D eigenvalue weighted by molar-refractivity contribution is 5.97. The van der Waals surface area contributed by atoms with Gasteiger partial charge in [0.25, 0.3) is 0 Å². The molecule has 0 saturated carbocycles. The lowest BCUT2D eigenvalue weighted by Crippen LogP contribution is -2.51. The van der Waals surface area contributed by atoms with E-state index in [1.807, 2.05) is 18.2 Å². The Morgan fingerprint density at radius 2 is 1.79 bits per heavy atom. The minimum absolute atomic E-state index is 0.0133. The maximum atomic E-state index is 12.1. The van der Waals surface area contributed by atoms with Crippen molar-refractivity contribution in [3.63, 3.8) is 0 Å². The van der Waals surface area contributed by atoms with Crippen molar-refractivity contribution in [1.82, 2.24) is 10.2 Å². The number of hydrogen-bond donors (Lipinski definition) is 1. The molecule has 5 nitrogen and oxygen atoms in total. The molecule has 0 bridgehead atoms. The Balaban J connectivity index is 1.75. The maximum Gasteiger partial charge on any atom is 0.220 e. The number of carbonyl (C=O) groups is 2. The fraction of sp³-hybridized carbons (Fsp3) is 0.579. The number of nitrogens with one attached hydrogen (secondary N) is 1. The number of morpholine rings is 1. The molecule has 1 N–H and O–H groups in total. The highest BCUT2D eigenvalue weighted by Gasteiger charge is 2.24. The van der Waals surface area contributed by atoms with E-state index in [4.69, 9.17) is 4.74 Å². The second-order valence-electron chi connectivity index (χ2n) is 6.55. The lowest BCUT2D eigenvalue weighted by atomic mass is 10.0. The van der Waals surface area contributed by atoms with Gasteiger partial charge in [-0.05, 0) is 5.92 Å². The van der Waals surface area contributed by atoms with Crippen LogP contribution in [0.1, 0.15) is 37.0 Å². The van der Waals surface area contributed by atoms with Gasteiger partial charge in [-0.2, -0.15) is 0 Å². The third-order valence-electron chi connectivity index (χ3n) is 4.47. The average molecular weight is 332 g/mol. The monoisotopic (exact) mass is 332 g/mol. The Hall–Kier alpha value is -1.72. The minimum Gasteiger partial charge on any atom is -0.379 e. The van der Waals surface area contributed by atoms with Gasteiger partial charge in [0.15, 0.2) is 5.78 Å². The molecule has 1 fully saturated rings. The van der Waals surface area contributed by atoms with Crippen molar-refractivity contribution in [2.75, 3.05) is 32.8 Å². The first-order chi connectivity index (χ1) is 11.6. The van der Waals surface area contributed by atoms with Crippen LogP contribution in [-0.4, -0.2) is 55.5 Å². The van der Waals surface area contributed by atoms with Crippen LogP contribution in [0, 0.1) is 5.92 Å². The number of ketones is 1. The number of carbonyl (C=O) groups excluding carboxylic acids is 2. The molecular weight excluding hydrogens is 304 g/mol. The third kappa shape index (κ3) is 5.73. The smallest absolute Gasteiger partial charge is 0.220 e. The van der Waals surface area contributed by atoms with E-state index in [2.05, 4.69) is 24.1 Å². The molecule has 5 heteroatoms. The van der Waals surface area contributed by atoms with Crippen molar-refractivity contribution >= 4 is 11.7 Å². The molecule has 1 aliphatic heterocycles. The van der Waals surface area contributed by atoms with Crippen molar-refractivity contribution < 1.29 is 14.3 Å². The van der Waals surface area contributed by atoms with Gasteiger partial charge in [-0.1, -0.05) is 44.2 Å². The van der Waals surface area contributed by atoms with Gasteiger partial charge in [0.05, 0.1) is 13.2 Å². The first-order valence-corrected chi connectivity index (χ1v) is 8.74. The second-order valence-corrected chi connectivity index (χ2v) is 6.55. The molecule has 1 heterocycles. The maximum absolute atomic E-state index is 12.1. The van der Waals surface area contributed by atoms with E-state index in [1.54, 1.807) is 12.1 Å². The quantitative estimate of drug-likeness (QED) is 0.741. The van der Waals surface area contributed by atoms with Crippen LogP contribution >= 0.6 is 0 Å². The molecule has 1 saturated heterocycles. The predicted molar refractivity (Wildman–Crippen MR) is 94.0 cm³/mol. The van der Waals surface area contributed by atoms with Gasteiger partial charge in [0.2, 0.25) is 5.91 Å². The number of amides is 1. The highest BCUT2D eigenvalue weighted by Crippen LogP contribution is 2.12. The summed E-state index contributed by atoms with van der Waals surface area (Å²) < 4.78 is 5.40. The van der Waals surface area contributed by atoms with Crippen molar-refractivity contribution in [3.8, 4) is 0 Å². The van der Waals surface area contributed by atoms with Crippen LogP contribution in [0.15, 0.2) is 30.3 Å². The zero-order valence-electron chi connectivity index (χ0n) is 14.7. The topological polar surface area (TPSA) is 58.6 Å². The van der Waals surface area contributed by atoms with E-state index >= 15 is 0 Å². The molecule has 0 aromatic heterocycles. The van der Waals surface area contributed by atoms with Gasteiger partial charge in [-0.3, -0.25) is 14.5 Å². The summed E-state index contributed by atoms with van der Waals surface area (Å²) >= 11 is 0. The molecule has 1 aromatic carbocycles. The van der Waals surface area contributed by atoms with E-state index in [0.717, 1.165) is 26.3 Å². The Morgan fingerprint density at radius 1 is 1.12 bits per heavy atom. The summed E-state index contributed by atoms with van der Waals surface area (Å²) in [4.78, 5) is 26.5. The van der Waals surface area contributed by atoms with Crippen molar-refractivity contribution in [3.05, 3.63) is 35.9 Å². The van der Waals surface area contributed by atoms with E-state index in [0.29, 0.717) is 24.1 Å². The van der Waals surface area contributed by atoms with Gasteiger partial charge in [-0.25, -0.2) is 0 Å². The summed E-state index contributed by atoms with van der Waals surface area (Å²) in [6, 6.07) is 9.43. The van der Waals surface area contributed by atoms with Gasteiger partial charge >= 0.3 is 0 Å². The summed E-state index contributed by atoms with van der Waals surface area (Å²) in [5.41, 5.74) is 0.665.